The van der Waals surface area contributed by atoms with E-state index >= 15 is 0 Å². The van der Waals surface area contributed by atoms with Gasteiger partial charge in [-0.2, -0.15) is 0 Å². The predicted molar refractivity (Wildman–Crippen MR) is 275 cm³/mol. The first-order valence-electron chi connectivity index (χ1n) is 28.6. The van der Waals surface area contributed by atoms with Gasteiger partial charge in [-0.15, -0.1) is 0 Å². The van der Waals surface area contributed by atoms with Gasteiger partial charge in [0.2, 0.25) is 0 Å². The van der Waals surface area contributed by atoms with Crippen molar-refractivity contribution in [2.75, 3.05) is 13.2 Å². The third kappa shape index (κ3) is 49.8. The van der Waals surface area contributed by atoms with E-state index in [-0.39, 0.29) is 31.1 Å². The molecule has 0 N–H and O–H groups in total. The van der Waals surface area contributed by atoms with Gasteiger partial charge in [0.05, 0.1) is 0 Å². The number of hydrogen-bond acceptors (Lipinski definition) is 6. The Morgan fingerprint density at radius 2 is 0.547 bits per heavy atom. The molecule has 0 aromatic carbocycles. The standard InChI is InChI=1S/C58H112O6/c1-7-54(6)46-40-34-27-23-19-14-12-10-8-9-11-13-15-21-25-29-37-43-49-58(61)64-55(51-63-57(60)48-42-36-31-30-33-39-45-53(4)5)50-62-56(59)47-41-35-28-24-20-17-16-18-22-26-32-38-44-52(2)3/h52-55H,7-51H2,1-6H3/t54?,55-/m0/s1. The Morgan fingerprint density at radius 3 is 0.812 bits per heavy atom. The molecule has 0 heterocycles. The fourth-order valence-corrected chi connectivity index (χ4v) is 8.79. The molecular formula is C58H112O6. The Kier molecular flexibility index (Phi) is 48.1. The van der Waals surface area contributed by atoms with Crippen molar-refractivity contribution in [3.8, 4) is 0 Å². The van der Waals surface area contributed by atoms with Gasteiger partial charge in [-0.25, -0.2) is 0 Å². The van der Waals surface area contributed by atoms with E-state index in [1.54, 1.807) is 0 Å². The Morgan fingerprint density at radius 1 is 0.312 bits per heavy atom. The predicted octanol–water partition coefficient (Wildman–Crippen LogP) is 18.7. The Hall–Kier alpha value is -1.59. The van der Waals surface area contributed by atoms with Gasteiger partial charge >= 0.3 is 17.9 Å². The molecule has 0 amide bonds. The van der Waals surface area contributed by atoms with E-state index in [0.717, 1.165) is 75.5 Å². The first kappa shape index (κ1) is 62.4. The van der Waals surface area contributed by atoms with Crippen LogP contribution in [0.15, 0.2) is 0 Å². The summed E-state index contributed by atoms with van der Waals surface area (Å²) < 4.78 is 16.8. The summed E-state index contributed by atoms with van der Waals surface area (Å²) in [5, 5.41) is 0. The molecule has 64 heavy (non-hydrogen) atoms. The summed E-state index contributed by atoms with van der Waals surface area (Å²) in [7, 11) is 0. The normalized spacial score (nSPS) is 12.6. The quantitative estimate of drug-likeness (QED) is 0.0344. The third-order valence-electron chi connectivity index (χ3n) is 13.5. The molecule has 6 nitrogen and oxygen atoms in total. The maximum atomic E-state index is 12.8. The van der Waals surface area contributed by atoms with Crippen LogP contribution in [0.1, 0.15) is 318 Å². The average Bonchev–Trinajstić information content (AvgIpc) is 3.27. The van der Waals surface area contributed by atoms with Crippen LogP contribution in [-0.4, -0.2) is 37.2 Å². The molecule has 2 atom stereocenters. The van der Waals surface area contributed by atoms with Gasteiger partial charge in [0.15, 0.2) is 6.10 Å². The molecule has 0 aliphatic heterocycles. The van der Waals surface area contributed by atoms with Gasteiger partial charge in [0.25, 0.3) is 0 Å². The molecule has 0 saturated heterocycles. The van der Waals surface area contributed by atoms with Crippen molar-refractivity contribution in [1.29, 1.82) is 0 Å². The summed E-state index contributed by atoms with van der Waals surface area (Å²) >= 11 is 0. The van der Waals surface area contributed by atoms with E-state index in [0.29, 0.717) is 19.3 Å². The Balaban J connectivity index is 4.20. The average molecular weight is 906 g/mol. The molecule has 0 aromatic rings. The summed E-state index contributed by atoms with van der Waals surface area (Å²) in [6, 6.07) is 0. The summed E-state index contributed by atoms with van der Waals surface area (Å²) in [6.45, 7) is 13.7. The first-order valence-corrected chi connectivity index (χ1v) is 28.6. The van der Waals surface area contributed by atoms with Crippen LogP contribution in [-0.2, 0) is 28.6 Å². The first-order chi connectivity index (χ1) is 31.1. The molecule has 380 valence electrons. The van der Waals surface area contributed by atoms with E-state index in [1.807, 2.05) is 0 Å². The fourth-order valence-electron chi connectivity index (χ4n) is 8.79. The lowest BCUT2D eigenvalue weighted by Gasteiger charge is -2.18. The molecule has 0 radical (unpaired) electrons. The lowest BCUT2D eigenvalue weighted by Crippen LogP contribution is -2.30. The van der Waals surface area contributed by atoms with E-state index < -0.39 is 6.10 Å². The lowest BCUT2D eigenvalue weighted by molar-refractivity contribution is -0.167. The number of rotatable bonds is 51. The number of ether oxygens (including phenoxy) is 3. The van der Waals surface area contributed by atoms with Crippen molar-refractivity contribution in [2.24, 2.45) is 17.8 Å². The maximum absolute atomic E-state index is 12.8. The van der Waals surface area contributed by atoms with E-state index in [2.05, 4.69) is 41.5 Å². The topological polar surface area (TPSA) is 78.9 Å². The van der Waals surface area contributed by atoms with Gasteiger partial charge in [-0.05, 0) is 37.0 Å². The maximum Gasteiger partial charge on any atom is 0.306 e. The molecular weight excluding hydrogens is 793 g/mol. The van der Waals surface area contributed by atoms with Crippen molar-refractivity contribution >= 4 is 17.9 Å². The highest BCUT2D eigenvalue weighted by atomic mass is 16.6. The third-order valence-corrected chi connectivity index (χ3v) is 13.5. The van der Waals surface area contributed by atoms with E-state index in [1.165, 1.54) is 199 Å². The molecule has 0 saturated carbocycles. The van der Waals surface area contributed by atoms with Crippen LogP contribution in [0.5, 0.6) is 0 Å². The van der Waals surface area contributed by atoms with Crippen molar-refractivity contribution in [2.45, 2.75) is 324 Å². The van der Waals surface area contributed by atoms with Gasteiger partial charge in [-0.3, -0.25) is 14.4 Å². The number of unbranched alkanes of at least 4 members (excludes halogenated alkanes) is 33. The molecule has 0 aliphatic rings. The monoisotopic (exact) mass is 905 g/mol. The minimum Gasteiger partial charge on any atom is -0.462 e. The summed E-state index contributed by atoms with van der Waals surface area (Å²) in [5.41, 5.74) is 0. The van der Waals surface area contributed by atoms with Gasteiger partial charge in [-0.1, -0.05) is 279 Å². The SMILES string of the molecule is CCC(C)CCCCCCCCCCCCCCCCCCCCC(=O)O[C@@H](COC(=O)CCCCCCCCCCCCCCC(C)C)COC(=O)CCCCCCCCC(C)C. The highest BCUT2D eigenvalue weighted by Crippen LogP contribution is 2.19. The van der Waals surface area contributed by atoms with Crippen LogP contribution in [0.25, 0.3) is 0 Å². The lowest BCUT2D eigenvalue weighted by atomic mass is 9.99. The highest BCUT2D eigenvalue weighted by molar-refractivity contribution is 5.71. The second-order valence-electron chi connectivity index (χ2n) is 21.1. The molecule has 6 heteroatoms. The van der Waals surface area contributed by atoms with Crippen LogP contribution in [0, 0.1) is 17.8 Å². The summed E-state index contributed by atoms with van der Waals surface area (Å²) in [4.78, 5) is 38.0. The zero-order valence-corrected chi connectivity index (χ0v) is 44.1. The van der Waals surface area contributed by atoms with Crippen LogP contribution >= 0.6 is 0 Å². The second-order valence-corrected chi connectivity index (χ2v) is 21.1. The van der Waals surface area contributed by atoms with E-state index in [4.69, 9.17) is 14.2 Å². The fraction of sp³-hybridized carbons (Fsp3) is 0.948. The van der Waals surface area contributed by atoms with Crippen molar-refractivity contribution < 1.29 is 28.6 Å². The molecule has 1 unspecified atom stereocenters. The zero-order chi connectivity index (χ0) is 47.0. The Bertz CT molecular complexity index is 993. The molecule has 0 fully saturated rings. The molecule has 0 bridgehead atoms. The van der Waals surface area contributed by atoms with Crippen LogP contribution in [0.3, 0.4) is 0 Å². The zero-order valence-electron chi connectivity index (χ0n) is 44.1. The Labute approximate surface area is 399 Å². The largest absolute Gasteiger partial charge is 0.462 e. The highest BCUT2D eigenvalue weighted by Gasteiger charge is 2.19. The van der Waals surface area contributed by atoms with Crippen LogP contribution in [0.4, 0.5) is 0 Å². The van der Waals surface area contributed by atoms with E-state index in [9.17, 15) is 14.4 Å². The number of carbonyl (C=O) groups excluding carboxylic acids is 3. The second kappa shape index (κ2) is 49.3. The molecule has 0 aliphatic carbocycles. The molecule has 0 spiro atoms. The number of carbonyl (C=O) groups is 3. The smallest absolute Gasteiger partial charge is 0.306 e. The van der Waals surface area contributed by atoms with Crippen LogP contribution in [0.2, 0.25) is 0 Å². The van der Waals surface area contributed by atoms with Gasteiger partial charge < -0.3 is 14.2 Å². The number of hydrogen-bond donors (Lipinski definition) is 0. The van der Waals surface area contributed by atoms with Crippen molar-refractivity contribution in [1.82, 2.24) is 0 Å². The minimum atomic E-state index is -0.763. The summed E-state index contributed by atoms with van der Waals surface area (Å²) in [5.74, 6) is 1.66. The van der Waals surface area contributed by atoms with Crippen molar-refractivity contribution in [3.05, 3.63) is 0 Å². The minimum absolute atomic E-state index is 0.0647. The van der Waals surface area contributed by atoms with Gasteiger partial charge in [0.1, 0.15) is 13.2 Å². The molecule has 0 rings (SSSR count). The van der Waals surface area contributed by atoms with Gasteiger partial charge in [0, 0.05) is 19.3 Å². The van der Waals surface area contributed by atoms with Crippen LogP contribution < -0.4 is 0 Å². The summed E-state index contributed by atoms with van der Waals surface area (Å²) in [6.07, 6.45) is 51.1. The van der Waals surface area contributed by atoms with Crippen molar-refractivity contribution in [3.63, 3.8) is 0 Å². The molecule has 0 aromatic heterocycles. The number of esters is 3.